The lowest BCUT2D eigenvalue weighted by molar-refractivity contribution is -0.130. The van der Waals surface area contributed by atoms with Gasteiger partial charge in [-0.05, 0) is 39.0 Å². The van der Waals surface area contributed by atoms with Crippen LogP contribution in [0.3, 0.4) is 0 Å². The Hall–Kier alpha value is -2.40. The maximum atomic E-state index is 12.9. The van der Waals surface area contributed by atoms with Crippen LogP contribution in [0.1, 0.15) is 34.2 Å². The lowest BCUT2D eigenvalue weighted by Gasteiger charge is -2.33. The normalized spacial score (nSPS) is 15.3. The number of benzene rings is 1. The third-order valence-corrected chi connectivity index (χ3v) is 5.21. The molecule has 0 radical (unpaired) electrons. The topological polar surface area (TPSA) is 45.6 Å². The number of ketones is 1. The molecule has 1 amide bonds. The Bertz CT molecular complexity index is 813. The van der Waals surface area contributed by atoms with Crippen molar-refractivity contribution < 1.29 is 9.59 Å². The highest BCUT2D eigenvalue weighted by molar-refractivity contribution is 5.99. The quantitative estimate of drug-likeness (QED) is 0.794. The second kappa shape index (κ2) is 7.46. The maximum absolute atomic E-state index is 12.9. The predicted octanol–water partition coefficient (Wildman–Crippen LogP) is 2.75. The number of carbonyl (C=O) groups is 2. The van der Waals surface area contributed by atoms with Crippen LogP contribution in [0.15, 0.2) is 30.3 Å². The largest absolute Gasteiger partial charge is 0.340 e. The van der Waals surface area contributed by atoms with Crippen LogP contribution in [0.25, 0.3) is 5.69 Å². The predicted molar refractivity (Wildman–Crippen MR) is 103 cm³/mol. The van der Waals surface area contributed by atoms with Crippen molar-refractivity contribution in [2.75, 3.05) is 32.7 Å². The first kappa shape index (κ1) is 18.4. The van der Waals surface area contributed by atoms with Crippen LogP contribution in [-0.2, 0) is 4.79 Å². The van der Waals surface area contributed by atoms with Crippen molar-refractivity contribution in [2.24, 2.45) is 0 Å². The zero-order valence-electron chi connectivity index (χ0n) is 16.1. The minimum Gasteiger partial charge on any atom is -0.340 e. The molecule has 0 saturated carbocycles. The van der Waals surface area contributed by atoms with E-state index in [1.165, 1.54) is 5.56 Å². The molecule has 5 heteroatoms. The van der Waals surface area contributed by atoms with E-state index in [0.717, 1.165) is 35.7 Å². The summed E-state index contributed by atoms with van der Waals surface area (Å²) in [4.78, 5) is 28.3. The van der Waals surface area contributed by atoms with Gasteiger partial charge in [0.25, 0.3) is 0 Å². The second-order valence-corrected chi connectivity index (χ2v) is 7.16. The molecule has 5 nitrogen and oxygen atoms in total. The van der Waals surface area contributed by atoms with E-state index in [-0.39, 0.29) is 11.7 Å². The van der Waals surface area contributed by atoms with Gasteiger partial charge in [0.15, 0.2) is 5.78 Å². The van der Waals surface area contributed by atoms with E-state index < -0.39 is 0 Å². The average Bonchev–Trinajstić information content (AvgIpc) is 2.91. The van der Waals surface area contributed by atoms with E-state index in [0.29, 0.717) is 19.6 Å². The van der Waals surface area contributed by atoms with E-state index >= 15 is 0 Å². The van der Waals surface area contributed by atoms with Crippen molar-refractivity contribution in [3.63, 3.8) is 0 Å². The Morgan fingerprint density at radius 2 is 1.58 bits per heavy atom. The number of piperazine rings is 1. The summed E-state index contributed by atoms with van der Waals surface area (Å²) in [7, 11) is 0. The van der Waals surface area contributed by atoms with Gasteiger partial charge >= 0.3 is 0 Å². The van der Waals surface area contributed by atoms with Crippen molar-refractivity contribution in [3.05, 3.63) is 52.8 Å². The molecule has 0 unspecified atom stereocenters. The first-order chi connectivity index (χ1) is 12.4. The number of amides is 1. The Kier molecular flexibility index (Phi) is 5.28. The lowest BCUT2D eigenvalue weighted by Crippen LogP contribution is -2.49. The van der Waals surface area contributed by atoms with E-state index in [4.69, 9.17) is 0 Å². The summed E-state index contributed by atoms with van der Waals surface area (Å²) < 4.78 is 2.14. The summed E-state index contributed by atoms with van der Waals surface area (Å²) in [6.45, 7) is 11.0. The van der Waals surface area contributed by atoms with E-state index in [1.807, 2.05) is 24.8 Å². The number of aromatic nitrogens is 1. The van der Waals surface area contributed by atoms with Crippen LogP contribution < -0.4 is 0 Å². The van der Waals surface area contributed by atoms with Crippen molar-refractivity contribution in [3.8, 4) is 5.69 Å². The highest BCUT2D eigenvalue weighted by Gasteiger charge is 2.23. The van der Waals surface area contributed by atoms with Crippen molar-refractivity contribution in [1.29, 1.82) is 0 Å². The van der Waals surface area contributed by atoms with Gasteiger partial charge < -0.3 is 9.47 Å². The minimum atomic E-state index is 0.109. The lowest BCUT2D eigenvalue weighted by atomic mass is 10.1. The smallest absolute Gasteiger partial charge is 0.219 e. The summed E-state index contributed by atoms with van der Waals surface area (Å²) in [5, 5.41) is 0. The number of aryl methyl sites for hydroxylation is 2. The van der Waals surface area contributed by atoms with Crippen LogP contribution in [0.2, 0.25) is 0 Å². The van der Waals surface area contributed by atoms with Crippen molar-refractivity contribution in [2.45, 2.75) is 27.7 Å². The summed E-state index contributed by atoms with van der Waals surface area (Å²) in [6, 6.07) is 10.3. The highest BCUT2D eigenvalue weighted by Crippen LogP contribution is 2.22. The fourth-order valence-electron chi connectivity index (χ4n) is 3.65. The van der Waals surface area contributed by atoms with Gasteiger partial charge in [-0.25, -0.2) is 0 Å². The van der Waals surface area contributed by atoms with Gasteiger partial charge in [0, 0.05) is 55.7 Å². The van der Waals surface area contributed by atoms with Gasteiger partial charge in [0.2, 0.25) is 5.91 Å². The fraction of sp³-hybridized carbons (Fsp3) is 0.429. The molecule has 138 valence electrons. The molecule has 1 fully saturated rings. The Balaban J connectivity index is 1.74. The standard InChI is InChI=1S/C21H27N3O2/c1-15-5-7-19(8-6-15)24-16(2)13-20(17(24)3)21(26)14-22-9-11-23(12-10-22)18(4)25/h5-8,13H,9-12,14H2,1-4H3. The zero-order chi connectivity index (χ0) is 18.8. The molecule has 1 aliphatic heterocycles. The molecule has 0 spiro atoms. The van der Waals surface area contributed by atoms with Gasteiger partial charge in [0.1, 0.15) is 0 Å². The number of hydrogen-bond acceptors (Lipinski definition) is 3. The van der Waals surface area contributed by atoms with Crippen molar-refractivity contribution >= 4 is 11.7 Å². The van der Waals surface area contributed by atoms with Crippen LogP contribution in [0.4, 0.5) is 0 Å². The van der Waals surface area contributed by atoms with E-state index in [9.17, 15) is 9.59 Å². The van der Waals surface area contributed by atoms with Gasteiger partial charge in [0.05, 0.1) is 6.54 Å². The summed E-state index contributed by atoms with van der Waals surface area (Å²) >= 11 is 0. The average molecular weight is 353 g/mol. The molecule has 1 aromatic heterocycles. The van der Waals surface area contributed by atoms with E-state index in [2.05, 4.69) is 40.7 Å². The van der Waals surface area contributed by atoms with Crippen LogP contribution in [0, 0.1) is 20.8 Å². The molecule has 0 atom stereocenters. The molecule has 0 aliphatic carbocycles. The molecular formula is C21H27N3O2. The second-order valence-electron chi connectivity index (χ2n) is 7.16. The van der Waals surface area contributed by atoms with E-state index in [1.54, 1.807) is 6.92 Å². The van der Waals surface area contributed by atoms with Crippen LogP contribution >= 0.6 is 0 Å². The van der Waals surface area contributed by atoms with Crippen LogP contribution in [0.5, 0.6) is 0 Å². The molecular weight excluding hydrogens is 326 g/mol. The van der Waals surface area contributed by atoms with Gasteiger partial charge in [-0.15, -0.1) is 0 Å². The molecule has 26 heavy (non-hydrogen) atoms. The maximum Gasteiger partial charge on any atom is 0.219 e. The number of carbonyl (C=O) groups excluding carboxylic acids is 2. The monoisotopic (exact) mass is 353 g/mol. The summed E-state index contributed by atoms with van der Waals surface area (Å²) in [6.07, 6.45) is 0. The Labute approximate surface area is 155 Å². The number of Topliss-reactive ketones (excluding diaryl/α,β-unsaturated/α-hetero) is 1. The molecule has 1 aromatic carbocycles. The van der Waals surface area contributed by atoms with Crippen LogP contribution in [-0.4, -0.2) is 58.8 Å². The number of nitrogens with zero attached hydrogens (tertiary/aromatic N) is 3. The molecule has 0 bridgehead atoms. The molecule has 1 saturated heterocycles. The molecule has 2 heterocycles. The summed E-state index contributed by atoms with van der Waals surface area (Å²) in [5.74, 6) is 0.255. The van der Waals surface area contributed by atoms with Gasteiger partial charge in [-0.1, -0.05) is 17.7 Å². The summed E-state index contributed by atoms with van der Waals surface area (Å²) in [5.41, 5.74) is 5.14. The molecule has 2 aromatic rings. The molecule has 0 N–H and O–H groups in total. The Morgan fingerprint density at radius 3 is 2.15 bits per heavy atom. The first-order valence-corrected chi connectivity index (χ1v) is 9.14. The minimum absolute atomic E-state index is 0.109. The Morgan fingerprint density at radius 1 is 0.962 bits per heavy atom. The third kappa shape index (κ3) is 3.73. The SMILES string of the molecule is CC(=O)N1CCN(CC(=O)c2cc(C)n(-c3ccc(C)cc3)c2C)CC1. The fourth-order valence-corrected chi connectivity index (χ4v) is 3.65. The van der Waals surface area contributed by atoms with Gasteiger partial charge in [-0.3, -0.25) is 14.5 Å². The highest BCUT2D eigenvalue weighted by atomic mass is 16.2. The first-order valence-electron chi connectivity index (χ1n) is 9.14. The third-order valence-electron chi connectivity index (χ3n) is 5.21. The zero-order valence-corrected chi connectivity index (χ0v) is 16.1. The number of hydrogen-bond donors (Lipinski definition) is 0. The number of rotatable bonds is 4. The molecule has 3 rings (SSSR count). The molecule has 1 aliphatic rings. The van der Waals surface area contributed by atoms with Crippen molar-refractivity contribution in [1.82, 2.24) is 14.4 Å². The van der Waals surface area contributed by atoms with Gasteiger partial charge in [-0.2, -0.15) is 0 Å².